The van der Waals surface area contributed by atoms with Gasteiger partial charge >= 0.3 is 0 Å². The molecule has 2 aromatic heterocycles. The topological polar surface area (TPSA) is 17.8 Å². The number of benzene rings is 1. The molecule has 3 aromatic rings. The molecule has 0 aliphatic heterocycles. The molecular weight excluding hydrogens is 232 g/mol. The summed E-state index contributed by atoms with van der Waals surface area (Å²) in [5.41, 5.74) is 2.19. The minimum Gasteiger partial charge on any atom is -0.341 e. The summed E-state index contributed by atoms with van der Waals surface area (Å²) in [6.45, 7) is 0.769. The monoisotopic (exact) mass is 242 g/mol. The van der Waals surface area contributed by atoms with Crippen LogP contribution in [0.5, 0.6) is 0 Å². The van der Waals surface area contributed by atoms with E-state index in [9.17, 15) is 0 Å². The SMILES string of the molecule is Clc1cccc2c1ccn2Cc1ccccn1. The first-order valence-electron chi connectivity index (χ1n) is 5.48. The Kier molecular flexibility index (Phi) is 2.57. The first-order valence-corrected chi connectivity index (χ1v) is 5.86. The lowest BCUT2D eigenvalue weighted by Gasteiger charge is -2.04. The van der Waals surface area contributed by atoms with E-state index in [1.807, 2.05) is 48.8 Å². The first kappa shape index (κ1) is 10.4. The standard InChI is InChI=1S/C14H11ClN2/c15-13-5-3-6-14-12(13)7-9-17(14)10-11-4-1-2-8-16-11/h1-9H,10H2. The highest BCUT2D eigenvalue weighted by atomic mass is 35.5. The fraction of sp³-hybridized carbons (Fsp3) is 0.0714. The normalized spacial score (nSPS) is 10.9. The van der Waals surface area contributed by atoms with Crippen molar-refractivity contribution in [1.29, 1.82) is 0 Å². The molecule has 0 saturated carbocycles. The lowest BCUT2D eigenvalue weighted by atomic mass is 10.2. The van der Waals surface area contributed by atoms with Gasteiger partial charge in [0.25, 0.3) is 0 Å². The average Bonchev–Trinajstić information content (AvgIpc) is 2.76. The molecule has 0 spiro atoms. The van der Waals surface area contributed by atoms with E-state index in [2.05, 4.69) is 15.6 Å². The predicted octanol–water partition coefficient (Wildman–Crippen LogP) is 3.74. The molecule has 0 atom stereocenters. The number of aromatic nitrogens is 2. The van der Waals surface area contributed by atoms with Crippen molar-refractivity contribution in [2.24, 2.45) is 0 Å². The molecule has 0 saturated heterocycles. The third kappa shape index (κ3) is 1.92. The van der Waals surface area contributed by atoms with E-state index in [-0.39, 0.29) is 0 Å². The van der Waals surface area contributed by atoms with Gasteiger partial charge in [-0.05, 0) is 30.3 Å². The number of rotatable bonds is 2. The van der Waals surface area contributed by atoms with Crippen molar-refractivity contribution < 1.29 is 0 Å². The van der Waals surface area contributed by atoms with Crippen molar-refractivity contribution in [1.82, 2.24) is 9.55 Å². The highest BCUT2D eigenvalue weighted by molar-refractivity contribution is 6.35. The van der Waals surface area contributed by atoms with Crippen LogP contribution in [0.2, 0.25) is 5.02 Å². The van der Waals surface area contributed by atoms with Gasteiger partial charge in [-0.25, -0.2) is 0 Å². The fourth-order valence-corrected chi connectivity index (χ4v) is 2.22. The second kappa shape index (κ2) is 4.22. The molecule has 17 heavy (non-hydrogen) atoms. The van der Waals surface area contributed by atoms with Crippen molar-refractivity contribution in [3.05, 3.63) is 65.6 Å². The average molecular weight is 243 g/mol. The van der Waals surface area contributed by atoms with Gasteiger partial charge in [0.2, 0.25) is 0 Å². The summed E-state index contributed by atoms with van der Waals surface area (Å²) in [7, 11) is 0. The Morgan fingerprint density at radius 2 is 2.00 bits per heavy atom. The van der Waals surface area contributed by atoms with Crippen LogP contribution in [-0.4, -0.2) is 9.55 Å². The van der Waals surface area contributed by atoms with Crippen molar-refractivity contribution >= 4 is 22.5 Å². The largest absolute Gasteiger partial charge is 0.341 e. The van der Waals surface area contributed by atoms with Gasteiger partial charge in [0.1, 0.15) is 0 Å². The summed E-state index contributed by atoms with van der Waals surface area (Å²) in [4.78, 5) is 4.33. The quantitative estimate of drug-likeness (QED) is 0.669. The summed E-state index contributed by atoms with van der Waals surface area (Å²) in [5.74, 6) is 0. The Morgan fingerprint density at radius 1 is 1.06 bits per heavy atom. The third-order valence-electron chi connectivity index (χ3n) is 2.82. The summed E-state index contributed by atoms with van der Waals surface area (Å²) in [6, 6.07) is 13.9. The van der Waals surface area contributed by atoms with Gasteiger partial charge < -0.3 is 4.57 Å². The van der Waals surface area contributed by atoms with Crippen molar-refractivity contribution in [2.75, 3.05) is 0 Å². The molecule has 3 rings (SSSR count). The van der Waals surface area contributed by atoms with Crippen LogP contribution in [0.15, 0.2) is 54.9 Å². The van der Waals surface area contributed by atoms with Crippen molar-refractivity contribution in [3.63, 3.8) is 0 Å². The Bertz CT molecular complexity index is 644. The van der Waals surface area contributed by atoms with E-state index in [1.54, 1.807) is 0 Å². The number of pyridine rings is 1. The second-order valence-electron chi connectivity index (χ2n) is 3.94. The lowest BCUT2D eigenvalue weighted by Crippen LogP contribution is -1.99. The zero-order chi connectivity index (χ0) is 11.7. The van der Waals surface area contributed by atoms with Crippen LogP contribution < -0.4 is 0 Å². The van der Waals surface area contributed by atoms with Gasteiger partial charge in [-0.2, -0.15) is 0 Å². The highest BCUT2D eigenvalue weighted by Crippen LogP contribution is 2.24. The van der Waals surface area contributed by atoms with E-state index >= 15 is 0 Å². The molecule has 0 radical (unpaired) electrons. The number of fused-ring (bicyclic) bond motifs is 1. The number of hydrogen-bond acceptors (Lipinski definition) is 1. The molecule has 0 bridgehead atoms. The fourth-order valence-electron chi connectivity index (χ4n) is 1.99. The first-order chi connectivity index (χ1) is 8.34. The molecule has 0 N–H and O–H groups in total. The molecule has 2 heterocycles. The summed E-state index contributed by atoms with van der Waals surface area (Å²) in [6.07, 6.45) is 3.86. The highest BCUT2D eigenvalue weighted by Gasteiger charge is 2.04. The van der Waals surface area contributed by atoms with Crippen LogP contribution in [0.1, 0.15) is 5.69 Å². The molecule has 84 valence electrons. The molecule has 0 aliphatic rings. The van der Waals surface area contributed by atoms with E-state index < -0.39 is 0 Å². The zero-order valence-electron chi connectivity index (χ0n) is 9.18. The van der Waals surface area contributed by atoms with Gasteiger partial charge in [-0.15, -0.1) is 0 Å². The second-order valence-corrected chi connectivity index (χ2v) is 4.34. The Morgan fingerprint density at radius 3 is 2.82 bits per heavy atom. The molecule has 0 aliphatic carbocycles. The van der Waals surface area contributed by atoms with E-state index in [4.69, 9.17) is 11.6 Å². The Labute approximate surface area is 104 Å². The van der Waals surface area contributed by atoms with Crippen LogP contribution in [0.3, 0.4) is 0 Å². The lowest BCUT2D eigenvalue weighted by molar-refractivity contribution is 0.807. The van der Waals surface area contributed by atoms with Crippen LogP contribution in [0, 0.1) is 0 Å². The zero-order valence-corrected chi connectivity index (χ0v) is 9.93. The van der Waals surface area contributed by atoms with Crippen LogP contribution in [0.4, 0.5) is 0 Å². The van der Waals surface area contributed by atoms with E-state index in [0.717, 1.165) is 28.2 Å². The number of nitrogens with zero attached hydrogens (tertiary/aromatic N) is 2. The molecule has 2 nitrogen and oxygen atoms in total. The van der Waals surface area contributed by atoms with Crippen molar-refractivity contribution in [3.8, 4) is 0 Å². The van der Waals surface area contributed by atoms with Crippen LogP contribution in [0.25, 0.3) is 10.9 Å². The smallest absolute Gasteiger partial charge is 0.0648 e. The van der Waals surface area contributed by atoms with Gasteiger partial charge in [0, 0.05) is 28.3 Å². The predicted molar refractivity (Wildman–Crippen MR) is 70.3 cm³/mol. The minimum absolute atomic E-state index is 0.769. The molecular formula is C14H11ClN2. The third-order valence-corrected chi connectivity index (χ3v) is 3.15. The van der Waals surface area contributed by atoms with Gasteiger partial charge in [0.05, 0.1) is 12.2 Å². The summed E-state index contributed by atoms with van der Waals surface area (Å²) >= 11 is 6.14. The maximum absolute atomic E-state index is 6.14. The van der Waals surface area contributed by atoms with Gasteiger partial charge in [0.15, 0.2) is 0 Å². The van der Waals surface area contributed by atoms with Crippen molar-refractivity contribution in [2.45, 2.75) is 6.54 Å². The molecule has 3 heteroatoms. The number of halogens is 1. The van der Waals surface area contributed by atoms with E-state index in [0.29, 0.717) is 0 Å². The van der Waals surface area contributed by atoms with E-state index in [1.165, 1.54) is 0 Å². The number of hydrogen-bond donors (Lipinski definition) is 0. The van der Waals surface area contributed by atoms with Crippen LogP contribution >= 0.6 is 11.6 Å². The van der Waals surface area contributed by atoms with Gasteiger partial charge in [-0.3, -0.25) is 4.98 Å². The summed E-state index contributed by atoms with van der Waals surface area (Å²) < 4.78 is 2.16. The maximum Gasteiger partial charge on any atom is 0.0648 e. The summed E-state index contributed by atoms with van der Waals surface area (Å²) in [5, 5.41) is 1.88. The molecule has 0 unspecified atom stereocenters. The molecule has 0 fully saturated rings. The van der Waals surface area contributed by atoms with Crippen LogP contribution in [-0.2, 0) is 6.54 Å². The molecule has 0 amide bonds. The van der Waals surface area contributed by atoms with Gasteiger partial charge in [-0.1, -0.05) is 23.7 Å². The Balaban J connectivity index is 2.05. The maximum atomic E-state index is 6.14. The molecule has 1 aromatic carbocycles. The Hall–Kier alpha value is -1.80. The minimum atomic E-state index is 0.769.